The van der Waals surface area contributed by atoms with Gasteiger partial charge in [0.05, 0.1) is 26.1 Å². The standard InChI is InChI=1S/C18H21Cl2N4O2P2S2/c1-4-25-17-9-5-15(6-10-17)13-21-23(2)27(29)26-18-11-7-16(8-12-18)14-22-24(3)28(19,20)30/h5-14H,4H2,1-3H3/q+1/b21-13-,22-14-. The molecule has 0 aliphatic carbocycles. The summed E-state index contributed by atoms with van der Waals surface area (Å²) in [7, 11) is 2.06. The van der Waals surface area contributed by atoms with Crippen molar-refractivity contribution in [2.24, 2.45) is 10.2 Å². The molecule has 30 heavy (non-hydrogen) atoms. The van der Waals surface area contributed by atoms with E-state index in [1.807, 2.05) is 55.5 Å². The Hall–Kier alpha value is -1.27. The number of ether oxygens (including phenoxy) is 1. The lowest BCUT2D eigenvalue weighted by atomic mass is 10.2. The number of hydrogen-bond donors (Lipinski definition) is 0. The second-order valence-corrected chi connectivity index (χ2v) is 15.7. The third-order valence-electron chi connectivity index (χ3n) is 3.58. The monoisotopic (exact) mass is 521 g/mol. The SMILES string of the molecule is CCOc1ccc(/C=N\N(C)[P+](=S)Oc2ccc(/C=N\N(C)P(=S)(Cl)Cl)cc2)cc1. The molecule has 0 saturated heterocycles. The van der Waals surface area contributed by atoms with Crippen molar-refractivity contribution in [3.05, 3.63) is 59.7 Å². The summed E-state index contributed by atoms with van der Waals surface area (Å²) in [5, 5.41) is 8.51. The van der Waals surface area contributed by atoms with Gasteiger partial charge in [-0.1, -0.05) is 4.78 Å². The van der Waals surface area contributed by atoms with Gasteiger partial charge in [-0.3, -0.25) is 4.52 Å². The van der Waals surface area contributed by atoms with E-state index in [2.05, 4.69) is 10.2 Å². The van der Waals surface area contributed by atoms with Crippen LogP contribution >= 0.6 is 34.5 Å². The first-order valence-electron chi connectivity index (χ1n) is 8.72. The molecule has 0 aliphatic heterocycles. The zero-order valence-corrected chi connectivity index (χ0v) is 21.5. The van der Waals surface area contributed by atoms with Crippen LogP contribution in [0.5, 0.6) is 11.5 Å². The molecule has 0 saturated carbocycles. The predicted octanol–water partition coefficient (Wildman–Crippen LogP) is 6.17. The average Bonchev–Trinajstić information content (AvgIpc) is 2.71. The largest absolute Gasteiger partial charge is 0.540 e. The minimum Gasteiger partial charge on any atom is -0.494 e. The fourth-order valence-corrected chi connectivity index (χ4v) is 3.46. The van der Waals surface area contributed by atoms with Crippen LogP contribution in [0.2, 0.25) is 0 Å². The molecule has 1 unspecified atom stereocenters. The highest BCUT2D eigenvalue weighted by molar-refractivity contribution is 8.37. The number of nitrogens with zero attached hydrogens (tertiary/aromatic N) is 4. The van der Waals surface area contributed by atoms with Crippen molar-refractivity contribution in [3.8, 4) is 11.5 Å². The molecule has 1 atom stereocenters. The van der Waals surface area contributed by atoms with E-state index in [9.17, 15) is 0 Å². The number of halogens is 2. The second kappa shape index (κ2) is 11.9. The summed E-state index contributed by atoms with van der Waals surface area (Å²) in [6.07, 6.45) is 3.35. The molecule has 12 heteroatoms. The van der Waals surface area contributed by atoms with Crippen molar-refractivity contribution in [2.75, 3.05) is 20.7 Å². The summed E-state index contributed by atoms with van der Waals surface area (Å²) in [6.45, 7) is 2.58. The van der Waals surface area contributed by atoms with E-state index in [1.165, 1.54) is 4.78 Å². The third-order valence-corrected chi connectivity index (χ3v) is 8.25. The van der Waals surface area contributed by atoms with E-state index >= 15 is 0 Å². The summed E-state index contributed by atoms with van der Waals surface area (Å²) >= 11 is 22.2. The van der Waals surface area contributed by atoms with E-state index in [-0.39, 0.29) is 0 Å². The van der Waals surface area contributed by atoms with Crippen LogP contribution in [0.3, 0.4) is 0 Å². The minimum absolute atomic E-state index is 0.635. The van der Waals surface area contributed by atoms with Gasteiger partial charge in [0.2, 0.25) is 16.7 Å². The molecular weight excluding hydrogens is 501 g/mol. The van der Waals surface area contributed by atoms with Gasteiger partial charge < -0.3 is 4.74 Å². The Bertz CT molecular complexity index is 954. The third kappa shape index (κ3) is 8.46. The first kappa shape index (κ1) is 25.0. The van der Waals surface area contributed by atoms with Crippen molar-refractivity contribution in [2.45, 2.75) is 6.92 Å². The Labute approximate surface area is 197 Å². The van der Waals surface area contributed by atoms with E-state index in [0.717, 1.165) is 16.9 Å². The van der Waals surface area contributed by atoms with Crippen LogP contribution in [0.1, 0.15) is 18.1 Å². The van der Waals surface area contributed by atoms with Crippen molar-refractivity contribution < 1.29 is 9.26 Å². The molecule has 160 valence electrons. The van der Waals surface area contributed by atoms with Crippen molar-refractivity contribution >= 4 is 70.5 Å². The zero-order valence-electron chi connectivity index (χ0n) is 16.6. The average molecular weight is 522 g/mol. The topological polar surface area (TPSA) is 49.7 Å². The Morgan fingerprint density at radius 1 is 0.967 bits per heavy atom. The van der Waals surface area contributed by atoms with Crippen LogP contribution in [0.25, 0.3) is 0 Å². The molecule has 0 aromatic heterocycles. The first-order valence-corrected chi connectivity index (χ1v) is 15.5. The van der Waals surface area contributed by atoms with Crippen LogP contribution in [0.4, 0.5) is 0 Å². The summed E-state index contributed by atoms with van der Waals surface area (Å²) in [4.78, 5) is -2.62. The van der Waals surface area contributed by atoms with Gasteiger partial charge in [0.25, 0.3) is 0 Å². The molecule has 0 bridgehead atoms. The van der Waals surface area contributed by atoms with Gasteiger partial charge in [0.1, 0.15) is 5.75 Å². The highest BCUT2D eigenvalue weighted by Crippen LogP contribution is 2.59. The Morgan fingerprint density at radius 2 is 1.47 bits per heavy atom. The van der Waals surface area contributed by atoms with Crippen molar-refractivity contribution in [1.82, 2.24) is 9.56 Å². The molecule has 2 rings (SSSR count). The number of benzene rings is 2. The van der Waals surface area contributed by atoms with Gasteiger partial charge in [-0.2, -0.15) is 5.10 Å². The maximum Gasteiger partial charge on any atom is 0.540 e. The van der Waals surface area contributed by atoms with Gasteiger partial charge in [-0.15, -0.1) is 5.10 Å². The minimum atomic E-state index is -2.62. The molecule has 2 aromatic carbocycles. The normalized spacial score (nSPS) is 12.2. The summed E-state index contributed by atoms with van der Waals surface area (Å²) in [6, 6.07) is 15.0. The Kier molecular flexibility index (Phi) is 9.95. The first-order chi connectivity index (χ1) is 14.2. The molecule has 0 fully saturated rings. The molecule has 0 radical (unpaired) electrons. The number of rotatable bonds is 10. The van der Waals surface area contributed by atoms with E-state index in [0.29, 0.717) is 12.4 Å². The molecular formula is C18H21Cl2N4O2P2S2+. The Balaban J connectivity index is 1.91. The highest BCUT2D eigenvalue weighted by atomic mass is 35.9. The fourth-order valence-electron chi connectivity index (χ4n) is 1.98. The maximum absolute atomic E-state index is 5.90. The molecule has 6 nitrogen and oxygen atoms in total. The second-order valence-electron chi connectivity index (χ2n) is 5.80. The molecule has 0 aliphatic rings. The van der Waals surface area contributed by atoms with Crippen molar-refractivity contribution in [1.29, 1.82) is 0 Å². The van der Waals surface area contributed by atoms with Gasteiger partial charge in [-0.25, -0.2) is 4.78 Å². The summed E-state index contributed by atoms with van der Waals surface area (Å²) < 4.78 is 14.3. The molecule has 0 amide bonds. The van der Waals surface area contributed by atoms with E-state index in [4.69, 9.17) is 55.4 Å². The molecule has 2 aromatic rings. The highest BCUT2D eigenvalue weighted by Gasteiger charge is 2.20. The molecule has 0 spiro atoms. The molecule has 0 N–H and O–H groups in total. The van der Waals surface area contributed by atoms with Crippen LogP contribution in [0, 0.1) is 0 Å². The fraction of sp³-hybridized carbons (Fsp3) is 0.222. The summed E-state index contributed by atoms with van der Waals surface area (Å²) in [5.41, 5.74) is 1.79. The Morgan fingerprint density at radius 3 is 1.97 bits per heavy atom. The quantitative estimate of drug-likeness (QED) is 0.211. The van der Waals surface area contributed by atoms with E-state index in [1.54, 1.807) is 31.3 Å². The number of hydrazone groups is 2. The number of hydrogen-bond acceptors (Lipinski definition) is 6. The van der Waals surface area contributed by atoms with Crippen LogP contribution in [-0.2, 0) is 23.6 Å². The van der Waals surface area contributed by atoms with Gasteiger partial charge in [0, 0.05) is 7.05 Å². The lowest BCUT2D eigenvalue weighted by molar-refractivity contribution is 0.340. The lowest BCUT2D eigenvalue weighted by Gasteiger charge is -2.15. The van der Waals surface area contributed by atoms with Gasteiger partial charge in [0.15, 0.2) is 5.75 Å². The van der Waals surface area contributed by atoms with Gasteiger partial charge >= 0.3 is 7.07 Å². The van der Waals surface area contributed by atoms with Crippen molar-refractivity contribution in [3.63, 3.8) is 0 Å². The smallest absolute Gasteiger partial charge is 0.494 e. The molecule has 0 heterocycles. The van der Waals surface area contributed by atoms with Gasteiger partial charge in [-0.05, 0) is 101 Å². The lowest BCUT2D eigenvalue weighted by Crippen LogP contribution is -2.03. The predicted molar refractivity (Wildman–Crippen MR) is 136 cm³/mol. The zero-order chi connectivity index (χ0) is 22.1. The summed E-state index contributed by atoms with van der Waals surface area (Å²) in [5.74, 6) is 1.47. The van der Waals surface area contributed by atoms with E-state index < -0.39 is 12.0 Å². The maximum atomic E-state index is 5.90. The van der Waals surface area contributed by atoms with Crippen LogP contribution < -0.4 is 9.26 Å². The van der Waals surface area contributed by atoms with Crippen LogP contribution in [0.15, 0.2) is 58.7 Å². The van der Waals surface area contributed by atoms with Crippen LogP contribution in [-0.4, -0.2) is 42.7 Å².